The number of nitrogens with one attached hydrogen (secondary N) is 2. The fourth-order valence-electron chi connectivity index (χ4n) is 4.57. The van der Waals surface area contributed by atoms with E-state index in [0.717, 1.165) is 37.1 Å². The molecule has 192 valence electrons. The number of aromatic nitrogens is 1. The highest BCUT2D eigenvalue weighted by molar-refractivity contribution is 5.96. The molecule has 2 unspecified atom stereocenters. The van der Waals surface area contributed by atoms with Crippen molar-refractivity contribution in [3.05, 3.63) is 53.7 Å². The van der Waals surface area contributed by atoms with Crippen LogP contribution in [0.4, 0.5) is 29.5 Å². The van der Waals surface area contributed by atoms with Crippen molar-refractivity contribution >= 4 is 29.4 Å². The minimum Gasteiger partial charge on any atom is -0.369 e. The van der Waals surface area contributed by atoms with E-state index < -0.39 is 23.8 Å². The number of carbonyl (C=O) groups excluding carboxylic acids is 3. The number of pyridine rings is 1. The number of nitrogens with zero attached hydrogens (tertiary/aromatic N) is 3. The number of urea groups is 1. The number of benzene rings is 1. The molecule has 4 amide bonds. The zero-order valence-corrected chi connectivity index (χ0v) is 19.4. The number of halogens is 3. The number of alkyl halides is 3. The number of piperidine rings is 1. The lowest BCUT2D eigenvalue weighted by molar-refractivity contribution is -0.137. The van der Waals surface area contributed by atoms with Crippen molar-refractivity contribution in [1.29, 1.82) is 0 Å². The molecule has 2 aliphatic rings. The van der Waals surface area contributed by atoms with Crippen molar-refractivity contribution in [2.24, 2.45) is 11.7 Å². The molecular formula is C24H27F3N6O3. The Balaban J connectivity index is 1.34. The van der Waals surface area contributed by atoms with Crippen LogP contribution < -0.4 is 26.2 Å². The maximum absolute atomic E-state index is 13.0. The highest BCUT2D eigenvalue weighted by atomic mass is 19.4. The zero-order chi connectivity index (χ0) is 25.9. The highest BCUT2D eigenvalue weighted by Gasteiger charge is 2.35. The molecule has 2 saturated heterocycles. The number of primary amides is 1. The lowest BCUT2D eigenvalue weighted by atomic mass is 9.97. The topological polar surface area (TPSA) is 121 Å². The molecule has 0 saturated carbocycles. The van der Waals surface area contributed by atoms with Crippen LogP contribution >= 0.6 is 0 Å². The van der Waals surface area contributed by atoms with Gasteiger partial charge in [-0.25, -0.2) is 9.78 Å². The Hall–Kier alpha value is -3.83. The van der Waals surface area contributed by atoms with E-state index in [4.69, 9.17) is 5.73 Å². The van der Waals surface area contributed by atoms with Crippen LogP contribution in [0.3, 0.4) is 0 Å². The summed E-state index contributed by atoms with van der Waals surface area (Å²) in [5, 5.41) is 5.47. The van der Waals surface area contributed by atoms with Gasteiger partial charge in [-0.15, -0.1) is 0 Å². The first kappa shape index (κ1) is 25.3. The van der Waals surface area contributed by atoms with Gasteiger partial charge in [0.1, 0.15) is 5.82 Å². The van der Waals surface area contributed by atoms with Crippen molar-refractivity contribution in [2.45, 2.75) is 38.0 Å². The van der Waals surface area contributed by atoms with Crippen LogP contribution in [0, 0.1) is 5.92 Å². The fraction of sp³-hybridized carbons (Fsp3) is 0.417. The van der Waals surface area contributed by atoms with E-state index in [1.807, 2.05) is 11.0 Å². The highest BCUT2D eigenvalue weighted by Crippen LogP contribution is 2.32. The lowest BCUT2D eigenvalue weighted by Crippen LogP contribution is -2.44. The third-order valence-corrected chi connectivity index (χ3v) is 6.38. The van der Waals surface area contributed by atoms with Gasteiger partial charge in [-0.05, 0) is 37.1 Å². The third kappa shape index (κ3) is 5.86. The molecule has 36 heavy (non-hydrogen) atoms. The van der Waals surface area contributed by atoms with Crippen LogP contribution in [0.1, 0.15) is 30.4 Å². The van der Waals surface area contributed by atoms with Crippen LogP contribution in [0.2, 0.25) is 0 Å². The molecule has 2 fully saturated rings. The number of hydrogen-bond donors (Lipinski definition) is 3. The molecule has 0 bridgehead atoms. The van der Waals surface area contributed by atoms with Gasteiger partial charge in [-0.3, -0.25) is 9.59 Å². The molecule has 0 radical (unpaired) electrons. The zero-order valence-electron chi connectivity index (χ0n) is 19.4. The summed E-state index contributed by atoms with van der Waals surface area (Å²) in [6, 6.07) is 7.05. The van der Waals surface area contributed by atoms with Crippen molar-refractivity contribution < 1.29 is 27.6 Å². The molecule has 1 aromatic carbocycles. The van der Waals surface area contributed by atoms with Gasteiger partial charge in [0.2, 0.25) is 11.8 Å². The summed E-state index contributed by atoms with van der Waals surface area (Å²) >= 11 is 0. The van der Waals surface area contributed by atoms with E-state index >= 15 is 0 Å². The number of carbonyl (C=O) groups is 3. The van der Waals surface area contributed by atoms with Crippen molar-refractivity contribution in [3.63, 3.8) is 0 Å². The summed E-state index contributed by atoms with van der Waals surface area (Å²) in [5.41, 5.74) is 5.52. The largest absolute Gasteiger partial charge is 0.416 e. The smallest absolute Gasteiger partial charge is 0.369 e. The van der Waals surface area contributed by atoms with Gasteiger partial charge < -0.3 is 26.2 Å². The van der Waals surface area contributed by atoms with Crippen LogP contribution in [-0.2, 0) is 22.3 Å². The maximum atomic E-state index is 13.0. The van der Waals surface area contributed by atoms with E-state index in [1.165, 1.54) is 17.0 Å². The lowest BCUT2D eigenvalue weighted by Gasteiger charge is -2.33. The molecule has 4 rings (SSSR count). The molecular weight excluding hydrogens is 477 g/mol. The Morgan fingerprint density at radius 1 is 1.17 bits per heavy atom. The number of anilines is 2. The van der Waals surface area contributed by atoms with Gasteiger partial charge in [0.15, 0.2) is 0 Å². The van der Waals surface area contributed by atoms with Crippen LogP contribution in [0.25, 0.3) is 0 Å². The number of amides is 4. The SMILES string of the molecule is NC(=O)C1CCCN(c2ncccc2CNC(=O)NC2CC(=O)N(c3cccc(C(F)(F)F)c3)C2)C1. The first-order chi connectivity index (χ1) is 17.1. The normalized spacial score (nSPS) is 20.4. The van der Waals surface area contributed by atoms with Gasteiger partial charge in [-0.2, -0.15) is 13.2 Å². The van der Waals surface area contributed by atoms with Gasteiger partial charge >= 0.3 is 12.2 Å². The second kappa shape index (κ2) is 10.4. The number of rotatable bonds is 6. The number of hydrogen-bond acceptors (Lipinski definition) is 5. The second-order valence-electron chi connectivity index (χ2n) is 8.95. The molecule has 2 aliphatic heterocycles. The molecule has 2 aromatic rings. The van der Waals surface area contributed by atoms with E-state index in [1.54, 1.807) is 12.3 Å². The predicted molar refractivity (Wildman–Crippen MR) is 126 cm³/mol. The van der Waals surface area contributed by atoms with E-state index in [0.29, 0.717) is 12.4 Å². The minimum atomic E-state index is -4.52. The Morgan fingerprint density at radius 2 is 1.97 bits per heavy atom. The van der Waals surface area contributed by atoms with Gasteiger partial charge in [0.05, 0.1) is 17.5 Å². The summed E-state index contributed by atoms with van der Waals surface area (Å²) in [4.78, 5) is 44.2. The van der Waals surface area contributed by atoms with Gasteiger partial charge in [0, 0.05) is 50.0 Å². The van der Waals surface area contributed by atoms with Crippen LogP contribution in [0.15, 0.2) is 42.6 Å². The predicted octanol–water partition coefficient (Wildman–Crippen LogP) is 2.41. The second-order valence-corrected chi connectivity index (χ2v) is 8.95. The molecule has 0 aliphatic carbocycles. The summed E-state index contributed by atoms with van der Waals surface area (Å²) < 4.78 is 39.1. The molecule has 1 aromatic heterocycles. The third-order valence-electron chi connectivity index (χ3n) is 6.38. The molecule has 12 heteroatoms. The van der Waals surface area contributed by atoms with Crippen molar-refractivity contribution in [3.8, 4) is 0 Å². The quantitative estimate of drug-likeness (QED) is 0.558. The van der Waals surface area contributed by atoms with Crippen molar-refractivity contribution in [1.82, 2.24) is 15.6 Å². The monoisotopic (exact) mass is 504 g/mol. The Kier molecular flexibility index (Phi) is 7.32. The van der Waals surface area contributed by atoms with E-state index in [2.05, 4.69) is 15.6 Å². The van der Waals surface area contributed by atoms with Crippen molar-refractivity contribution in [2.75, 3.05) is 29.4 Å². The first-order valence-electron chi connectivity index (χ1n) is 11.6. The van der Waals surface area contributed by atoms with E-state index in [-0.39, 0.29) is 42.9 Å². The first-order valence-corrected chi connectivity index (χ1v) is 11.6. The standard InChI is InChI=1S/C24H27F3N6O3/c25-24(26,27)17-6-1-7-19(10-17)33-14-18(11-20(33)34)31-23(36)30-12-15-4-2-8-29-22(15)32-9-3-5-16(13-32)21(28)35/h1-2,4,6-8,10,16,18H,3,5,9,11-14H2,(H2,28,35)(H2,30,31,36). The summed E-state index contributed by atoms with van der Waals surface area (Å²) in [7, 11) is 0. The van der Waals surface area contributed by atoms with Crippen LogP contribution in [-0.4, -0.2) is 48.5 Å². The summed E-state index contributed by atoms with van der Waals surface area (Å²) in [5.74, 6) is -0.316. The van der Waals surface area contributed by atoms with Crippen LogP contribution in [0.5, 0.6) is 0 Å². The average molecular weight is 505 g/mol. The van der Waals surface area contributed by atoms with Gasteiger partial charge in [0.25, 0.3) is 0 Å². The van der Waals surface area contributed by atoms with E-state index in [9.17, 15) is 27.6 Å². The fourth-order valence-corrected chi connectivity index (χ4v) is 4.57. The maximum Gasteiger partial charge on any atom is 0.416 e. The summed E-state index contributed by atoms with van der Waals surface area (Å²) in [6.45, 7) is 1.40. The summed E-state index contributed by atoms with van der Waals surface area (Å²) in [6.07, 6.45) is -1.37. The molecule has 9 nitrogen and oxygen atoms in total. The number of nitrogens with two attached hydrogens (primary N) is 1. The Bertz CT molecular complexity index is 1140. The van der Waals surface area contributed by atoms with Gasteiger partial charge in [-0.1, -0.05) is 12.1 Å². The molecule has 0 spiro atoms. The Labute approximate surface area is 205 Å². The average Bonchev–Trinajstić information content (AvgIpc) is 3.22. The molecule has 2 atom stereocenters. The molecule has 4 N–H and O–H groups in total. The molecule has 3 heterocycles. The Morgan fingerprint density at radius 3 is 2.72 bits per heavy atom. The minimum absolute atomic E-state index is 0.0237.